The second kappa shape index (κ2) is 7.13. The number of carbonyl (C=O) groups is 1. The summed E-state index contributed by atoms with van der Waals surface area (Å²) in [7, 11) is 1.63. The van der Waals surface area contributed by atoms with Crippen molar-refractivity contribution >= 4 is 11.7 Å². The van der Waals surface area contributed by atoms with E-state index in [1.807, 2.05) is 12.1 Å². The van der Waals surface area contributed by atoms with E-state index in [2.05, 4.69) is 10.3 Å². The molecule has 0 fully saturated rings. The first-order chi connectivity index (χ1) is 10.9. The maximum atomic E-state index is 12.5. The molecule has 2 rings (SSSR count). The van der Waals surface area contributed by atoms with Crippen molar-refractivity contribution in [3.05, 3.63) is 59.9 Å². The number of hydrogen-bond donors (Lipinski definition) is 1. The molecule has 0 bridgehead atoms. The number of carbonyl (C=O) groups excluding carboxylic acids is 1. The number of alkyl halides is 3. The van der Waals surface area contributed by atoms with Gasteiger partial charge in [-0.1, -0.05) is 0 Å². The number of nitrogens with one attached hydrogen (secondary N) is 1. The van der Waals surface area contributed by atoms with Crippen LogP contribution in [-0.2, 0) is 12.6 Å². The molecule has 0 unspecified atom stereocenters. The highest BCUT2D eigenvalue weighted by Gasteiger charge is 2.30. The lowest BCUT2D eigenvalue weighted by molar-refractivity contribution is -0.137. The van der Waals surface area contributed by atoms with Gasteiger partial charge < -0.3 is 10.2 Å². The molecular weight excluding hydrogens is 307 g/mol. The van der Waals surface area contributed by atoms with Crippen molar-refractivity contribution in [3.63, 3.8) is 0 Å². The number of amides is 2. The van der Waals surface area contributed by atoms with Crippen LogP contribution in [0.1, 0.15) is 11.1 Å². The normalized spacial score (nSPS) is 11.1. The van der Waals surface area contributed by atoms with Crippen LogP contribution in [0.25, 0.3) is 0 Å². The van der Waals surface area contributed by atoms with E-state index >= 15 is 0 Å². The fourth-order valence-electron chi connectivity index (χ4n) is 1.91. The number of hydrogen-bond acceptors (Lipinski definition) is 2. The van der Waals surface area contributed by atoms with Gasteiger partial charge in [-0.25, -0.2) is 4.79 Å². The van der Waals surface area contributed by atoms with Gasteiger partial charge in [-0.15, -0.1) is 0 Å². The Hall–Kier alpha value is -2.57. The number of aromatic nitrogens is 1. The third-order valence-electron chi connectivity index (χ3n) is 3.30. The monoisotopic (exact) mass is 323 g/mol. The lowest BCUT2D eigenvalue weighted by atomic mass is 10.2. The van der Waals surface area contributed by atoms with Gasteiger partial charge in [-0.3, -0.25) is 4.98 Å². The van der Waals surface area contributed by atoms with E-state index in [9.17, 15) is 18.0 Å². The molecule has 7 heteroatoms. The van der Waals surface area contributed by atoms with E-state index in [4.69, 9.17) is 0 Å². The minimum atomic E-state index is -4.39. The third kappa shape index (κ3) is 4.98. The number of urea groups is 1. The number of rotatable bonds is 4. The van der Waals surface area contributed by atoms with Crippen molar-refractivity contribution in [2.75, 3.05) is 18.9 Å². The van der Waals surface area contributed by atoms with Crippen LogP contribution in [0.4, 0.5) is 23.7 Å². The zero-order chi connectivity index (χ0) is 16.9. The number of likely N-dealkylation sites (N-methyl/N-ethyl adjacent to an activating group) is 1. The van der Waals surface area contributed by atoms with Crippen molar-refractivity contribution in [1.29, 1.82) is 0 Å². The maximum Gasteiger partial charge on any atom is 0.416 e. The Morgan fingerprint density at radius 2 is 1.74 bits per heavy atom. The third-order valence-corrected chi connectivity index (χ3v) is 3.30. The van der Waals surface area contributed by atoms with Gasteiger partial charge in [0, 0.05) is 31.7 Å². The van der Waals surface area contributed by atoms with E-state index in [0.29, 0.717) is 18.7 Å². The number of benzene rings is 1. The minimum Gasteiger partial charge on any atom is -0.327 e. The summed E-state index contributed by atoms with van der Waals surface area (Å²) in [6, 6.07) is 7.69. The van der Waals surface area contributed by atoms with Gasteiger partial charge in [0.15, 0.2) is 0 Å². The zero-order valence-electron chi connectivity index (χ0n) is 12.5. The summed E-state index contributed by atoms with van der Waals surface area (Å²) >= 11 is 0. The highest BCUT2D eigenvalue weighted by Crippen LogP contribution is 2.29. The molecule has 1 aromatic heterocycles. The van der Waals surface area contributed by atoms with Crippen LogP contribution in [-0.4, -0.2) is 29.5 Å². The first kappa shape index (κ1) is 16.8. The number of pyridine rings is 1. The van der Waals surface area contributed by atoms with Crippen LogP contribution in [0.2, 0.25) is 0 Å². The van der Waals surface area contributed by atoms with Crippen molar-refractivity contribution in [1.82, 2.24) is 9.88 Å². The number of anilines is 1. The van der Waals surface area contributed by atoms with E-state index < -0.39 is 11.7 Å². The molecule has 0 spiro atoms. The Morgan fingerprint density at radius 3 is 2.30 bits per heavy atom. The number of halogens is 3. The van der Waals surface area contributed by atoms with Gasteiger partial charge in [0.1, 0.15) is 0 Å². The molecule has 0 radical (unpaired) electrons. The average Bonchev–Trinajstić information content (AvgIpc) is 2.53. The van der Waals surface area contributed by atoms with Crippen molar-refractivity contribution in [3.8, 4) is 0 Å². The quantitative estimate of drug-likeness (QED) is 0.930. The average molecular weight is 323 g/mol. The van der Waals surface area contributed by atoms with Crippen LogP contribution >= 0.6 is 0 Å². The molecule has 0 aliphatic heterocycles. The molecule has 122 valence electrons. The topological polar surface area (TPSA) is 45.2 Å². The minimum absolute atomic E-state index is 0.318. The lowest BCUT2D eigenvalue weighted by Crippen LogP contribution is -2.33. The zero-order valence-corrected chi connectivity index (χ0v) is 12.5. The Labute approximate surface area is 132 Å². The van der Waals surface area contributed by atoms with Gasteiger partial charge in [-0.05, 0) is 48.4 Å². The molecule has 0 saturated heterocycles. The van der Waals surface area contributed by atoms with Crippen LogP contribution in [0.3, 0.4) is 0 Å². The molecule has 0 aliphatic rings. The largest absolute Gasteiger partial charge is 0.416 e. The Kier molecular flexibility index (Phi) is 5.20. The van der Waals surface area contributed by atoms with Crippen molar-refractivity contribution in [2.24, 2.45) is 0 Å². The molecule has 2 amide bonds. The molecule has 2 aromatic rings. The fourth-order valence-corrected chi connectivity index (χ4v) is 1.91. The summed E-state index contributed by atoms with van der Waals surface area (Å²) in [4.78, 5) is 17.4. The van der Waals surface area contributed by atoms with Crippen molar-refractivity contribution < 1.29 is 18.0 Å². The summed E-state index contributed by atoms with van der Waals surface area (Å²) in [6.45, 7) is 0.483. The second-order valence-electron chi connectivity index (χ2n) is 5.03. The molecule has 1 aromatic carbocycles. The summed E-state index contributed by atoms with van der Waals surface area (Å²) in [6.07, 6.45) is -0.363. The maximum absolute atomic E-state index is 12.5. The first-order valence-electron chi connectivity index (χ1n) is 6.94. The van der Waals surface area contributed by atoms with E-state index in [0.717, 1.165) is 17.7 Å². The molecule has 23 heavy (non-hydrogen) atoms. The molecule has 0 atom stereocenters. The number of nitrogens with zero attached hydrogens (tertiary/aromatic N) is 2. The SMILES string of the molecule is CN(CCc1ccncc1)C(=O)Nc1ccc(C(F)(F)F)cc1. The summed E-state index contributed by atoms with van der Waals surface area (Å²) < 4.78 is 37.4. The molecule has 1 N–H and O–H groups in total. The van der Waals surface area contributed by atoms with Crippen LogP contribution in [0.5, 0.6) is 0 Å². The predicted octanol–water partition coefficient (Wildman–Crippen LogP) is 3.81. The standard InChI is InChI=1S/C16H16F3N3O/c1-22(11-8-12-6-9-20-10-7-12)15(23)21-14-4-2-13(3-5-14)16(17,18)19/h2-7,9-10H,8,11H2,1H3,(H,21,23). The summed E-state index contributed by atoms with van der Waals surface area (Å²) in [5.74, 6) is 0. The second-order valence-corrected chi connectivity index (χ2v) is 5.03. The smallest absolute Gasteiger partial charge is 0.327 e. The van der Waals surface area contributed by atoms with E-state index in [1.165, 1.54) is 17.0 Å². The molecule has 1 heterocycles. The van der Waals surface area contributed by atoms with E-state index in [-0.39, 0.29) is 6.03 Å². The highest BCUT2D eigenvalue weighted by atomic mass is 19.4. The first-order valence-corrected chi connectivity index (χ1v) is 6.94. The Bertz CT molecular complexity index is 642. The Morgan fingerprint density at radius 1 is 1.13 bits per heavy atom. The summed E-state index contributed by atoms with van der Waals surface area (Å²) in [5, 5.41) is 2.56. The fraction of sp³-hybridized carbons (Fsp3) is 0.250. The summed E-state index contributed by atoms with van der Waals surface area (Å²) in [5.41, 5.74) is 0.620. The predicted molar refractivity (Wildman–Crippen MR) is 81.0 cm³/mol. The van der Waals surface area contributed by atoms with Gasteiger partial charge in [0.2, 0.25) is 0 Å². The van der Waals surface area contributed by atoms with Crippen LogP contribution in [0.15, 0.2) is 48.8 Å². The highest BCUT2D eigenvalue weighted by molar-refractivity contribution is 5.89. The lowest BCUT2D eigenvalue weighted by Gasteiger charge is -2.18. The molecular formula is C16H16F3N3O. The van der Waals surface area contributed by atoms with Crippen molar-refractivity contribution in [2.45, 2.75) is 12.6 Å². The van der Waals surface area contributed by atoms with Gasteiger partial charge >= 0.3 is 12.2 Å². The van der Waals surface area contributed by atoms with Crippen LogP contribution in [0, 0.1) is 0 Å². The molecule has 0 aliphatic carbocycles. The van der Waals surface area contributed by atoms with Gasteiger partial charge in [0.05, 0.1) is 5.56 Å². The molecule has 0 saturated carbocycles. The molecule has 4 nitrogen and oxygen atoms in total. The van der Waals surface area contributed by atoms with Crippen LogP contribution < -0.4 is 5.32 Å². The van der Waals surface area contributed by atoms with Gasteiger partial charge in [-0.2, -0.15) is 13.2 Å². The Balaban J connectivity index is 1.88. The van der Waals surface area contributed by atoms with E-state index in [1.54, 1.807) is 19.4 Å². The van der Waals surface area contributed by atoms with Gasteiger partial charge in [0.25, 0.3) is 0 Å².